The minimum atomic E-state index is -0.590. The number of benzene rings is 1. The molecule has 7 heteroatoms. The van der Waals surface area contributed by atoms with E-state index >= 15 is 0 Å². The maximum atomic E-state index is 13.7. The van der Waals surface area contributed by atoms with E-state index < -0.39 is 12.1 Å². The number of amides is 2. The van der Waals surface area contributed by atoms with Crippen molar-refractivity contribution in [1.82, 2.24) is 15.1 Å². The number of nitrogens with one attached hydrogen (secondary N) is 1. The molecule has 3 heterocycles. The Bertz CT molecular complexity index is 934. The molecule has 1 N–H and O–H groups in total. The van der Waals surface area contributed by atoms with E-state index in [9.17, 15) is 14.4 Å². The summed E-state index contributed by atoms with van der Waals surface area (Å²) in [5, 5.41) is 3.10. The van der Waals surface area contributed by atoms with E-state index in [4.69, 9.17) is 4.74 Å². The van der Waals surface area contributed by atoms with Crippen LogP contribution in [0.25, 0.3) is 0 Å². The summed E-state index contributed by atoms with van der Waals surface area (Å²) in [7, 11) is 0. The number of ketones is 1. The highest BCUT2D eigenvalue weighted by molar-refractivity contribution is 5.99. The molecule has 4 aliphatic rings. The summed E-state index contributed by atoms with van der Waals surface area (Å²) in [6.45, 7) is 6.28. The van der Waals surface area contributed by atoms with Gasteiger partial charge >= 0.3 is 0 Å². The van der Waals surface area contributed by atoms with Gasteiger partial charge in [-0.2, -0.15) is 0 Å². The van der Waals surface area contributed by atoms with Crippen molar-refractivity contribution >= 4 is 17.6 Å². The Labute approximate surface area is 214 Å². The quantitative estimate of drug-likeness (QED) is 0.626. The lowest BCUT2D eigenvalue weighted by molar-refractivity contribution is -0.139. The lowest BCUT2D eigenvalue weighted by atomic mass is 9.83. The molecule has 36 heavy (non-hydrogen) atoms. The lowest BCUT2D eigenvalue weighted by Crippen LogP contribution is -2.55. The number of piperidine rings is 1. The first-order valence-electron chi connectivity index (χ1n) is 14.1. The maximum absolute atomic E-state index is 13.7. The number of Topliss-reactive ketones (excluding diaryl/α,β-unsaturated/α-hetero) is 1. The number of fused-ring (bicyclic) bond motifs is 1. The van der Waals surface area contributed by atoms with Gasteiger partial charge in [-0.1, -0.05) is 38.3 Å². The summed E-state index contributed by atoms with van der Waals surface area (Å²) in [5.41, 5.74) is 1.89. The van der Waals surface area contributed by atoms with E-state index in [1.54, 1.807) is 4.90 Å². The minimum Gasteiger partial charge on any atom is -0.368 e. The molecule has 1 aromatic carbocycles. The number of ether oxygens (including phenoxy) is 1. The van der Waals surface area contributed by atoms with Crippen LogP contribution in [0.15, 0.2) is 24.3 Å². The predicted octanol–water partition coefficient (Wildman–Crippen LogP) is 3.52. The molecule has 0 aromatic heterocycles. The molecular formula is C29H41N3O4. The molecular weight excluding hydrogens is 454 g/mol. The Morgan fingerprint density at radius 1 is 1.00 bits per heavy atom. The SMILES string of the molecule is CCCN1CCC(c2ccc(C(=O)NC(C(=O)N3CC[C@H]4OCC(=O)[C@H]43)C3CCCCC3)cc2)CC1. The molecule has 4 fully saturated rings. The fourth-order valence-electron chi connectivity index (χ4n) is 6.81. The maximum Gasteiger partial charge on any atom is 0.251 e. The Balaban J connectivity index is 1.26. The Kier molecular flexibility index (Phi) is 8.06. The van der Waals surface area contributed by atoms with Crippen LogP contribution < -0.4 is 5.32 Å². The number of rotatable bonds is 7. The zero-order chi connectivity index (χ0) is 25.1. The van der Waals surface area contributed by atoms with E-state index in [2.05, 4.69) is 29.3 Å². The molecule has 1 saturated carbocycles. The molecule has 0 radical (unpaired) electrons. The summed E-state index contributed by atoms with van der Waals surface area (Å²) >= 11 is 0. The van der Waals surface area contributed by atoms with Crippen molar-refractivity contribution in [2.45, 2.75) is 88.8 Å². The van der Waals surface area contributed by atoms with Gasteiger partial charge in [0.15, 0.2) is 5.78 Å². The Hall–Kier alpha value is -2.25. The molecule has 196 valence electrons. The van der Waals surface area contributed by atoms with Gasteiger partial charge in [-0.05, 0) is 87.7 Å². The molecule has 1 aromatic rings. The average molecular weight is 496 g/mol. The van der Waals surface area contributed by atoms with Crippen molar-refractivity contribution in [3.05, 3.63) is 35.4 Å². The molecule has 5 rings (SSSR count). The second kappa shape index (κ2) is 11.4. The van der Waals surface area contributed by atoms with Crippen LogP contribution in [0.1, 0.15) is 86.6 Å². The van der Waals surface area contributed by atoms with Crippen molar-refractivity contribution in [2.24, 2.45) is 5.92 Å². The van der Waals surface area contributed by atoms with Crippen LogP contribution in [-0.2, 0) is 14.3 Å². The fourth-order valence-corrected chi connectivity index (χ4v) is 6.81. The summed E-state index contributed by atoms with van der Waals surface area (Å²) < 4.78 is 5.59. The van der Waals surface area contributed by atoms with Crippen molar-refractivity contribution in [3.63, 3.8) is 0 Å². The third kappa shape index (κ3) is 5.37. The van der Waals surface area contributed by atoms with Crippen LogP contribution in [0.4, 0.5) is 0 Å². The number of carbonyl (C=O) groups excluding carboxylic acids is 3. The van der Waals surface area contributed by atoms with Crippen molar-refractivity contribution in [3.8, 4) is 0 Å². The summed E-state index contributed by atoms with van der Waals surface area (Å²) in [5.74, 6) is 0.320. The standard InChI is InChI=1S/C29H41N3O4/c1-2-15-31-16-12-21(13-17-31)20-8-10-23(11-9-20)28(34)30-26(22-6-4-3-5-7-22)29(35)32-18-14-25-27(32)24(33)19-36-25/h8-11,21-22,25-27H,2-7,12-19H2,1H3,(H,30,34)/t25-,26?,27-/m1/s1. The number of likely N-dealkylation sites (tertiary alicyclic amines) is 2. The third-order valence-corrected chi connectivity index (χ3v) is 8.84. The first kappa shape index (κ1) is 25.4. The van der Waals surface area contributed by atoms with Gasteiger partial charge in [-0.3, -0.25) is 14.4 Å². The van der Waals surface area contributed by atoms with Crippen LogP contribution in [0, 0.1) is 5.92 Å². The van der Waals surface area contributed by atoms with E-state index in [0.29, 0.717) is 24.4 Å². The van der Waals surface area contributed by atoms with Crippen LogP contribution in [0.2, 0.25) is 0 Å². The van der Waals surface area contributed by atoms with Gasteiger partial charge in [0.25, 0.3) is 5.91 Å². The molecule has 7 nitrogen and oxygen atoms in total. The largest absolute Gasteiger partial charge is 0.368 e. The van der Waals surface area contributed by atoms with Gasteiger partial charge in [0, 0.05) is 12.1 Å². The molecule has 0 spiro atoms. The van der Waals surface area contributed by atoms with Gasteiger partial charge in [0.1, 0.15) is 18.7 Å². The lowest BCUT2D eigenvalue weighted by Gasteiger charge is -2.34. The fraction of sp³-hybridized carbons (Fsp3) is 0.690. The second-order valence-electron chi connectivity index (χ2n) is 11.2. The molecule has 2 amide bonds. The van der Waals surface area contributed by atoms with Crippen LogP contribution in [-0.4, -0.2) is 78.4 Å². The van der Waals surface area contributed by atoms with Crippen LogP contribution in [0.3, 0.4) is 0 Å². The van der Waals surface area contributed by atoms with Crippen molar-refractivity contribution in [1.29, 1.82) is 0 Å². The summed E-state index contributed by atoms with van der Waals surface area (Å²) in [6.07, 6.45) is 9.19. The zero-order valence-electron chi connectivity index (χ0n) is 21.6. The summed E-state index contributed by atoms with van der Waals surface area (Å²) in [6, 6.07) is 6.92. The van der Waals surface area contributed by atoms with E-state index in [1.165, 1.54) is 24.9 Å². The third-order valence-electron chi connectivity index (χ3n) is 8.84. The van der Waals surface area contributed by atoms with Crippen molar-refractivity contribution < 1.29 is 19.1 Å². The monoisotopic (exact) mass is 495 g/mol. The molecule has 1 aliphatic carbocycles. The molecule has 3 saturated heterocycles. The van der Waals surface area contributed by atoms with Gasteiger partial charge in [0.05, 0.1) is 6.10 Å². The molecule has 1 unspecified atom stereocenters. The summed E-state index contributed by atoms with van der Waals surface area (Å²) in [4.78, 5) is 43.7. The number of hydrogen-bond donors (Lipinski definition) is 1. The molecule has 3 atom stereocenters. The van der Waals surface area contributed by atoms with E-state index in [-0.39, 0.29) is 36.2 Å². The highest BCUT2D eigenvalue weighted by Gasteiger charge is 2.49. The first-order valence-corrected chi connectivity index (χ1v) is 14.1. The smallest absolute Gasteiger partial charge is 0.251 e. The van der Waals surface area contributed by atoms with Crippen LogP contribution in [0.5, 0.6) is 0 Å². The minimum absolute atomic E-state index is 0.0179. The average Bonchev–Trinajstić information content (AvgIpc) is 3.51. The zero-order valence-corrected chi connectivity index (χ0v) is 21.6. The predicted molar refractivity (Wildman–Crippen MR) is 138 cm³/mol. The van der Waals surface area contributed by atoms with E-state index in [1.807, 2.05) is 12.1 Å². The second-order valence-corrected chi connectivity index (χ2v) is 11.2. The van der Waals surface area contributed by atoms with Crippen molar-refractivity contribution in [2.75, 3.05) is 32.8 Å². The number of nitrogens with zero attached hydrogens (tertiary/aromatic N) is 2. The highest BCUT2D eigenvalue weighted by atomic mass is 16.5. The topological polar surface area (TPSA) is 79.0 Å². The van der Waals surface area contributed by atoms with Gasteiger partial charge < -0.3 is 19.9 Å². The number of hydrogen-bond acceptors (Lipinski definition) is 5. The Morgan fingerprint density at radius 2 is 1.72 bits per heavy atom. The van der Waals surface area contributed by atoms with Gasteiger partial charge in [-0.15, -0.1) is 0 Å². The van der Waals surface area contributed by atoms with Gasteiger partial charge in [-0.25, -0.2) is 0 Å². The number of carbonyl (C=O) groups is 3. The van der Waals surface area contributed by atoms with Gasteiger partial charge in [0.2, 0.25) is 5.91 Å². The molecule has 3 aliphatic heterocycles. The van der Waals surface area contributed by atoms with Crippen LogP contribution >= 0.6 is 0 Å². The van der Waals surface area contributed by atoms with E-state index in [0.717, 1.165) is 51.6 Å². The highest BCUT2D eigenvalue weighted by Crippen LogP contribution is 2.32. The normalized spacial score (nSPS) is 26.7. The molecule has 0 bridgehead atoms. The Morgan fingerprint density at radius 3 is 2.42 bits per heavy atom. The first-order chi connectivity index (χ1) is 17.5.